The number of hydrogen-bond acceptors (Lipinski definition) is 3. The van der Waals surface area contributed by atoms with Crippen LogP contribution in [-0.4, -0.2) is 14.5 Å². The first-order chi connectivity index (χ1) is 11.6. The number of rotatable bonds is 4. The standard InChI is InChI=1S/C18H14N4O2/c1-13-20-18(22(23)24)12-21(13)11-14-7-9-15(10-8-14)16-5-3-4-6-17(16)19-2/h3-10,12H,11H2,1H3. The highest BCUT2D eigenvalue weighted by atomic mass is 16.6. The molecular weight excluding hydrogens is 304 g/mol. The fraction of sp³-hybridized carbons (Fsp3) is 0.111. The summed E-state index contributed by atoms with van der Waals surface area (Å²) < 4.78 is 1.75. The molecule has 6 heteroatoms. The van der Waals surface area contributed by atoms with Crippen molar-refractivity contribution in [2.24, 2.45) is 0 Å². The minimum absolute atomic E-state index is 0.143. The van der Waals surface area contributed by atoms with Crippen LogP contribution < -0.4 is 0 Å². The van der Waals surface area contributed by atoms with Crippen LogP contribution in [0.4, 0.5) is 11.5 Å². The molecule has 3 aromatic rings. The van der Waals surface area contributed by atoms with Gasteiger partial charge in [-0.25, -0.2) is 4.85 Å². The van der Waals surface area contributed by atoms with Gasteiger partial charge in [0.2, 0.25) is 5.82 Å². The van der Waals surface area contributed by atoms with Crippen molar-refractivity contribution in [3.8, 4) is 11.1 Å². The van der Waals surface area contributed by atoms with Gasteiger partial charge in [0.25, 0.3) is 0 Å². The van der Waals surface area contributed by atoms with Crippen LogP contribution in [0.3, 0.4) is 0 Å². The average Bonchev–Trinajstić information content (AvgIpc) is 2.97. The molecule has 2 aromatic carbocycles. The highest BCUT2D eigenvalue weighted by molar-refractivity contribution is 5.78. The zero-order valence-corrected chi connectivity index (χ0v) is 13.0. The summed E-state index contributed by atoms with van der Waals surface area (Å²) in [7, 11) is 0. The molecule has 0 saturated carbocycles. The molecule has 0 N–H and O–H groups in total. The monoisotopic (exact) mass is 318 g/mol. The van der Waals surface area contributed by atoms with Crippen LogP contribution in [0.5, 0.6) is 0 Å². The van der Waals surface area contributed by atoms with Crippen molar-refractivity contribution < 1.29 is 4.92 Å². The van der Waals surface area contributed by atoms with E-state index in [2.05, 4.69) is 9.83 Å². The summed E-state index contributed by atoms with van der Waals surface area (Å²) in [6, 6.07) is 15.3. The first-order valence-corrected chi connectivity index (χ1v) is 7.32. The minimum Gasteiger partial charge on any atom is -0.358 e. The van der Waals surface area contributed by atoms with E-state index in [-0.39, 0.29) is 5.82 Å². The van der Waals surface area contributed by atoms with Gasteiger partial charge >= 0.3 is 5.82 Å². The third kappa shape index (κ3) is 3.01. The number of para-hydroxylation sites is 1. The summed E-state index contributed by atoms with van der Waals surface area (Å²) in [5, 5.41) is 10.8. The molecule has 0 unspecified atom stereocenters. The Bertz CT molecular complexity index is 936. The predicted octanol–water partition coefficient (Wildman–Crippen LogP) is 4.37. The number of aromatic nitrogens is 2. The summed E-state index contributed by atoms with van der Waals surface area (Å²) >= 11 is 0. The number of hydrogen-bond donors (Lipinski definition) is 0. The lowest BCUT2D eigenvalue weighted by atomic mass is 10.0. The third-order valence-corrected chi connectivity index (χ3v) is 3.79. The molecule has 118 valence electrons. The van der Waals surface area contributed by atoms with E-state index in [1.54, 1.807) is 17.6 Å². The maximum Gasteiger partial charge on any atom is 0.381 e. The van der Waals surface area contributed by atoms with Gasteiger partial charge in [0.1, 0.15) is 6.20 Å². The van der Waals surface area contributed by atoms with Crippen molar-refractivity contribution in [3.63, 3.8) is 0 Å². The number of nitro groups is 1. The summed E-state index contributed by atoms with van der Waals surface area (Å²) in [4.78, 5) is 17.8. The van der Waals surface area contributed by atoms with Crippen molar-refractivity contribution >= 4 is 11.5 Å². The van der Waals surface area contributed by atoms with Crippen LogP contribution >= 0.6 is 0 Å². The number of imidazole rings is 1. The number of benzene rings is 2. The smallest absolute Gasteiger partial charge is 0.358 e. The van der Waals surface area contributed by atoms with E-state index in [1.165, 1.54) is 6.20 Å². The van der Waals surface area contributed by atoms with Crippen LogP contribution in [0.2, 0.25) is 0 Å². The van der Waals surface area contributed by atoms with Gasteiger partial charge < -0.3 is 14.7 Å². The Hall–Kier alpha value is -3.46. The van der Waals surface area contributed by atoms with E-state index < -0.39 is 4.92 Å². The lowest BCUT2D eigenvalue weighted by molar-refractivity contribution is -0.389. The van der Waals surface area contributed by atoms with Crippen LogP contribution in [0.1, 0.15) is 11.4 Å². The number of aryl methyl sites for hydroxylation is 1. The fourth-order valence-electron chi connectivity index (χ4n) is 2.54. The van der Waals surface area contributed by atoms with Gasteiger partial charge in [0.05, 0.1) is 13.1 Å². The molecule has 1 aromatic heterocycles. The Labute approximate surface area is 139 Å². The molecular formula is C18H14N4O2. The van der Waals surface area contributed by atoms with Gasteiger partial charge in [-0.1, -0.05) is 48.5 Å². The summed E-state index contributed by atoms with van der Waals surface area (Å²) in [6.45, 7) is 9.50. The Kier molecular flexibility index (Phi) is 4.08. The molecule has 0 radical (unpaired) electrons. The molecule has 24 heavy (non-hydrogen) atoms. The van der Waals surface area contributed by atoms with E-state index in [0.29, 0.717) is 18.1 Å². The molecule has 6 nitrogen and oxygen atoms in total. The minimum atomic E-state index is -0.492. The molecule has 0 fully saturated rings. The van der Waals surface area contributed by atoms with E-state index in [4.69, 9.17) is 6.57 Å². The van der Waals surface area contributed by atoms with E-state index >= 15 is 0 Å². The molecule has 0 aliphatic heterocycles. The first-order valence-electron chi connectivity index (χ1n) is 7.32. The van der Waals surface area contributed by atoms with E-state index in [0.717, 1.165) is 16.7 Å². The van der Waals surface area contributed by atoms with E-state index in [9.17, 15) is 10.1 Å². The molecule has 0 saturated heterocycles. The molecule has 0 bridgehead atoms. The summed E-state index contributed by atoms with van der Waals surface area (Å²) in [6.07, 6.45) is 1.44. The average molecular weight is 318 g/mol. The van der Waals surface area contributed by atoms with Crippen molar-refractivity contribution in [2.75, 3.05) is 0 Å². The van der Waals surface area contributed by atoms with E-state index in [1.807, 2.05) is 42.5 Å². The molecule has 1 heterocycles. The topological polar surface area (TPSA) is 65.3 Å². The van der Waals surface area contributed by atoms with Crippen LogP contribution in [-0.2, 0) is 6.54 Å². The van der Waals surface area contributed by atoms with Crippen molar-refractivity contribution in [1.82, 2.24) is 9.55 Å². The highest BCUT2D eigenvalue weighted by Crippen LogP contribution is 2.30. The Morgan fingerprint density at radius 1 is 1.21 bits per heavy atom. The largest absolute Gasteiger partial charge is 0.381 e. The second kappa shape index (κ2) is 6.34. The Morgan fingerprint density at radius 3 is 2.54 bits per heavy atom. The highest BCUT2D eigenvalue weighted by Gasteiger charge is 2.15. The lowest BCUT2D eigenvalue weighted by Gasteiger charge is -2.07. The van der Waals surface area contributed by atoms with Gasteiger partial charge in [-0.15, -0.1) is 0 Å². The van der Waals surface area contributed by atoms with Gasteiger partial charge in [0, 0.05) is 6.92 Å². The lowest BCUT2D eigenvalue weighted by Crippen LogP contribution is -2.00. The second-order valence-corrected chi connectivity index (χ2v) is 5.36. The summed E-state index contributed by atoms with van der Waals surface area (Å²) in [5.41, 5.74) is 3.49. The molecule has 0 aliphatic rings. The fourth-order valence-corrected chi connectivity index (χ4v) is 2.54. The normalized spacial score (nSPS) is 10.3. The maximum absolute atomic E-state index is 10.8. The van der Waals surface area contributed by atoms with Crippen molar-refractivity contribution in [2.45, 2.75) is 13.5 Å². The molecule has 0 aliphatic carbocycles. The zero-order chi connectivity index (χ0) is 17.1. The maximum atomic E-state index is 10.8. The predicted molar refractivity (Wildman–Crippen MR) is 90.9 cm³/mol. The number of nitrogens with zero attached hydrogens (tertiary/aromatic N) is 4. The molecule has 0 spiro atoms. The van der Waals surface area contributed by atoms with Crippen molar-refractivity contribution in [1.29, 1.82) is 0 Å². The van der Waals surface area contributed by atoms with Gasteiger partial charge in [-0.3, -0.25) is 0 Å². The van der Waals surface area contributed by atoms with Crippen molar-refractivity contribution in [3.05, 3.63) is 87.6 Å². The Morgan fingerprint density at radius 2 is 1.92 bits per heavy atom. The molecule has 3 rings (SSSR count). The first kappa shape index (κ1) is 15.4. The van der Waals surface area contributed by atoms with Crippen LogP contribution in [0.25, 0.3) is 16.0 Å². The third-order valence-electron chi connectivity index (χ3n) is 3.79. The molecule has 0 amide bonds. The van der Waals surface area contributed by atoms with Gasteiger partial charge in [0.15, 0.2) is 5.69 Å². The van der Waals surface area contributed by atoms with Crippen LogP contribution in [0, 0.1) is 23.6 Å². The van der Waals surface area contributed by atoms with Gasteiger partial charge in [-0.05, 0) is 26.6 Å². The summed E-state index contributed by atoms with van der Waals surface area (Å²) in [5.74, 6) is 0.458. The van der Waals surface area contributed by atoms with Crippen LogP contribution in [0.15, 0.2) is 54.7 Å². The van der Waals surface area contributed by atoms with Gasteiger partial charge in [-0.2, -0.15) is 0 Å². The SMILES string of the molecule is [C-]#[N+]c1ccccc1-c1ccc(Cn2cc([N+](=O)[O-])nc2C)cc1. The Balaban J connectivity index is 1.85. The second-order valence-electron chi connectivity index (χ2n) is 5.36. The zero-order valence-electron chi connectivity index (χ0n) is 13.0. The molecule has 0 atom stereocenters. The quantitative estimate of drug-likeness (QED) is 0.408.